The van der Waals surface area contributed by atoms with Crippen LogP contribution in [0.5, 0.6) is 0 Å². The molecule has 0 radical (unpaired) electrons. The van der Waals surface area contributed by atoms with Crippen molar-refractivity contribution in [2.45, 2.75) is 47.1 Å². The summed E-state index contributed by atoms with van der Waals surface area (Å²) in [6, 6.07) is 0.118. The minimum Gasteiger partial charge on any atom is -0.466 e. The minimum atomic E-state index is 0.118. The first kappa shape index (κ1) is 11.3. The van der Waals surface area contributed by atoms with Gasteiger partial charge in [-0.3, -0.25) is 0 Å². The van der Waals surface area contributed by atoms with E-state index in [9.17, 15) is 0 Å². The highest BCUT2D eigenvalue weighted by Crippen LogP contribution is 2.29. The molecule has 0 saturated carbocycles. The molecule has 1 aromatic rings. The molecule has 0 amide bonds. The number of hydrogen-bond donors (Lipinski definition) is 1. The average molecular weight is 195 g/mol. The van der Waals surface area contributed by atoms with E-state index >= 15 is 0 Å². The van der Waals surface area contributed by atoms with Gasteiger partial charge >= 0.3 is 0 Å². The third-order valence-corrected chi connectivity index (χ3v) is 2.71. The van der Waals surface area contributed by atoms with Crippen LogP contribution < -0.4 is 5.73 Å². The quantitative estimate of drug-likeness (QED) is 0.804. The Balaban J connectivity index is 2.94. The Morgan fingerprint density at radius 2 is 1.71 bits per heavy atom. The average Bonchev–Trinajstić information content (AvgIpc) is 2.25. The van der Waals surface area contributed by atoms with Gasteiger partial charge in [0.05, 0.1) is 0 Å². The molecular formula is C12H21NO. The van der Waals surface area contributed by atoms with E-state index in [1.807, 2.05) is 13.8 Å². The Morgan fingerprint density at radius 3 is 2.07 bits per heavy atom. The first-order valence-electron chi connectivity index (χ1n) is 5.25. The van der Waals surface area contributed by atoms with E-state index in [4.69, 9.17) is 10.2 Å². The Morgan fingerprint density at radius 1 is 1.14 bits per heavy atom. The number of hydrogen-bond acceptors (Lipinski definition) is 2. The lowest BCUT2D eigenvalue weighted by Gasteiger charge is -2.14. The maximum absolute atomic E-state index is 6.15. The van der Waals surface area contributed by atoms with Gasteiger partial charge in [-0.15, -0.1) is 0 Å². The first-order chi connectivity index (χ1) is 6.43. The van der Waals surface area contributed by atoms with Crippen LogP contribution in [0.15, 0.2) is 4.42 Å². The molecule has 2 nitrogen and oxygen atoms in total. The second-order valence-corrected chi connectivity index (χ2v) is 4.49. The van der Waals surface area contributed by atoms with Gasteiger partial charge in [0.2, 0.25) is 0 Å². The Bertz CT molecular complexity index is 312. The summed E-state index contributed by atoms with van der Waals surface area (Å²) in [5, 5.41) is 0. The van der Waals surface area contributed by atoms with Gasteiger partial charge in [-0.2, -0.15) is 0 Å². The minimum absolute atomic E-state index is 0.118. The highest BCUT2D eigenvalue weighted by atomic mass is 16.3. The summed E-state index contributed by atoms with van der Waals surface area (Å²) in [5.74, 6) is 2.60. The fraction of sp³-hybridized carbons (Fsp3) is 0.667. The van der Waals surface area contributed by atoms with Crippen LogP contribution in [-0.2, 0) is 0 Å². The zero-order valence-electron chi connectivity index (χ0n) is 9.85. The van der Waals surface area contributed by atoms with Crippen molar-refractivity contribution in [3.8, 4) is 0 Å². The van der Waals surface area contributed by atoms with Crippen LogP contribution in [-0.4, -0.2) is 0 Å². The summed E-state index contributed by atoms with van der Waals surface area (Å²) >= 11 is 0. The van der Waals surface area contributed by atoms with E-state index in [-0.39, 0.29) is 6.04 Å². The highest BCUT2D eigenvalue weighted by molar-refractivity contribution is 5.33. The molecule has 0 aromatic carbocycles. The molecule has 0 aliphatic carbocycles. The number of rotatable bonds is 3. The van der Waals surface area contributed by atoms with Crippen molar-refractivity contribution in [2.24, 2.45) is 11.7 Å². The summed E-state index contributed by atoms with van der Waals surface area (Å²) in [4.78, 5) is 0. The van der Waals surface area contributed by atoms with Gasteiger partial charge in [0.15, 0.2) is 0 Å². The molecule has 1 atom stereocenters. The van der Waals surface area contributed by atoms with E-state index in [1.165, 1.54) is 11.1 Å². The lowest BCUT2D eigenvalue weighted by Crippen LogP contribution is -2.14. The van der Waals surface area contributed by atoms with Crippen LogP contribution in [0.2, 0.25) is 0 Å². The van der Waals surface area contributed by atoms with Crippen LogP contribution >= 0.6 is 0 Å². The monoisotopic (exact) mass is 195 g/mol. The summed E-state index contributed by atoms with van der Waals surface area (Å²) < 4.78 is 5.57. The van der Waals surface area contributed by atoms with E-state index in [0.717, 1.165) is 17.9 Å². The third kappa shape index (κ3) is 2.18. The van der Waals surface area contributed by atoms with E-state index in [2.05, 4.69) is 20.8 Å². The zero-order valence-corrected chi connectivity index (χ0v) is 9.85. The standard InChI is InChI=1S/C12H21NO/c1-7(2)6-11(13)12-8(3)9(4)14-10(12)5/h7,11H,6,13H2,1-5H3. The molecule has 0 bridgehead atoms. The Kier molecular flexibility index (Phi) is 3.38. The molecule has 2 heteroatoms. The van der Waals surface area contributed by atoms with E-state index in [1.54, 1.807) is 0 Å². The summed E-state index contributed by atoms with van der Waals surface area (Å²) in [6.45, 7) is 10.5. The predicted molar refractivity (Wildman–Crippen MR) is 59.3 cm³/mol. The van der Waals surface area contributed by atoms with Crippen molar-refractivity contribution < 1.29 is 4.42 Å². The summed E-state index contributed by atoms with van der Waals surface area (Å²) in [7, 11) is 0. The summed E-state index contributed by atoms with van der Waals surface area (Å²) in [6.07, 6.45) is 1.01. The smallest absolute Gasteiger partial charge is 0.106 e. The molecular weight excluding hydrogens is 174 g/mol. The fourth-order valence-electron chi connectivity index (χ4n) is 1.98. The third-order valence-electron chi connectivity index (χ3n) is 2.71. The first-order valence-corrected chi connectivity index (χ1v) is 5.25. The molecule has 1 unspecified atom stereocenters. The van der Waals surface area contributed by atoms with Gasteiger partial charge in [0.1, 0.15) is 11.5 Å². The number of nitrogens with two attached hydrogens (primary N) is 1. The van der Waals surface area contributed by atoms with Crippen molar-refractivity contribution in [3.63, 3.8) is 0 Å². The van der Waals surface area contributed by atoms with Crippen molar-refractivity contribution in [2.75, 3.05) is 0 Å². The maximum atomic E-state index is 6.15. The Hall–Kier alpha value is -0.760. The van der Waals surface area contributed by atoms with Crippen LogP contribution in [0.3, 0.4) is 0 Å². The normalized spacial score (nSPS) is 13.6. The molecule has 0 aliphatic rings. The second-order valence-electron chi connectivity index (χ2n) is 4.49. The van der Waals surface area contributed by atoms with Crippen LogP contribution in [0.4, 0.5) is 0 Å². The second kappa shape index (κ2) is 4.18. The SMILES string of the molecule is Cc1oc(C)c(C(N)CC(C)C)c1C. The molecule has 1 aromatic heterocycles. The molecule has 2 N–H and O–H groups in total. The van der Waals surface area contributed by atoms with Crippen LogP contribution in [0, 0.1) is 26.7 Å². The van der Waals surface area contributed by atoms with Crippen LogP contribution in [0.1, 0.15) is 49.0 Å². The molecule has 0 spiro atoms. The van der Waals surface area contributed by atoms with Crippen molar-refractivity contribution >= 4 is 0 Å². The molecule has 0 saturated heterocycles. The Labute approximate surface area is 86.5 Å². The molecule has 1 rings (SSSR count). The molecule has 80 valence electrons. The topological polar surface area (TPSA) is 39.2 Å². The molecule has 0 fully saturated rings. The lowest BCUT2D eigenvalue weighted by molar-refractivity contribution is 0.478. The van der Waals surface area contributed by atoms with Gasteiger partial charge in [0, 0.05) is 11.6 Å². The maximum Gasteiger partial charge on any atom is 0.106 e. The predicted octanol–water partition coefficient (Wildman–Crippen LogP) is 3.25. The van der Waals surface area contributed by atoms with Crippen molar-refractivity contribution in [1.29, 1.82) is 0 Å². The largest absolute Gasteiger partial charge is 0.466 e. The number of furan rings is 1. The van der Waals surface area contributed by atoms with Gasteiger partial charge in [-0.05, 0) is 38.7 Å². The van der Waals surface area contributed by atoms with E-state index < -0.39 is 0 Å². The van der Waals surface area contributed by atoms with Gasteiger partial charge in [0.25, 0.3) is 0 Å². The fourth-order valence-corrected chi connectivity index (χ4v) is 1.98. The zero-order chi connectivity index (χ0) is 10.9. The highest BCUT2D eigenvalue weighted by Gasteiger charge is 2.18. The van der Waals surface area contributed by atoms with Crippen molar-refractivity contribution in [1.82, 2.24) is 0 Å². The van der Waals surface area contributed by atoms with Crippen LogP contribution in [0.25, 0.3) is 0 Å². The molecule has 0 aliphatic heterocycles. The molecule has 1 heterocycles. The summed E-state index contributed by atoms with van der Waals surface area (Å²) in [5.41, 5.74) is 8.57. The van der Waals surface area contributed by atoms with Gasteiger partial charge in [-0.25, -0.2) is 0 Å². The van der Waals surface area contributed by atoms with Gasteiger partial charge in [-0.1, -0.05) is 13.8 Å². The number of aryl methyl sites for hydroxylation is 2. The molecule has 14 heavy (non-hydrogen) atoms. The van der Waals surface area contributed by atoms with Crippen molar-refractivity contribution in [3.05, 3.63) is 22.6 Å². The lowest BCUT2D eigenvalue weighted by atomic mass is 9.95. The van der Waals surface area contributed by atoms with E-state index in [0.29, 0.717) is 5.92 Å². The van der Waals surface area contributed by atoms with Gasteiger partial charge < -0.3 is 10.2 Å².